The van der Waals surface area contributed by atoms with Crippen molar-refractivity contribution in [3.8, 4) is 0 Å². The van der Waals surface area contributed by atoms with E-state index in [1.165, 1.54) is 6.20 Å². The number of halogens is 1. The van der Waals surface area contributed by atoms with E-state index in [1.54, 1.807) is 19.2 Å². The molecule has 7 heteroatoms. The van der Waals surface area contributed by atoms with Crippen LogP contribution in [0.25, 0.3) is 0 Å². The number of methoxy groups -OCH3 is 1. The molecule has 0 aliphatic carbocycles. The molecule has 1 heterocycles. The molecule has 2 N–H and O–H groups in total. The molecule has 1 amide bonds. The molecule has 1 aromatic carbocycles. The van der Waals surface area contributed by atoms with E-state index in [9.17, 15) is 4.79 Å². The van der Waals surface area contributed by atoms with Gasteiger partial charge in [0, 0.05) is 12.1 Å². The van der Waals surface area contributed by atoms with Crippen LogP contribution in [0, 0.1) is 0 Å². The number of hydrogen-bond acceptors (Lipinski definition) is 4. The third-order valence-corrected chi connectivity index (χ3v) is 3.16. The van der Waals surface area contributed by atoms with Gasteiger partial charge in [-0.05, 0) is 24.6 Å². The SMILES string of the molecule is CO[C@H](c1ccc(Cl)cc1)[C@H](C)NC(=O)c1cn[nH]n1. The van der Waals surface area contributed by atoms with Crippen molar-refractivity contribution >= 4 is 17.5 Å². The molecule has 0 bridgehead atoms. The fourth-order valence-corrected chi connectivity index (χ4v) is 2.07. The summed E-state index contributed by atoms with van der Waals surface area (Å²) in [5, 5.41) is 13.2. The van der Waals surface area contributed by atoms with Crippen LogP contribution >= 0.6 is 11.6 Å². The minimum Gasteiger partial charge on any atom is -0.375 e. The average molecular weight is 295 g/mol. The van der Waals surface area contributed by atoms with Gasteiger partial charge in [0.05, 0.1) is 12.2 Å². The van der Waals surface area contributed by atoms with Gasteiger partial charge in [-0.1, -0.05) is 23.7 Å². The van der Waals surface area contributed by atoms with Crippen molar-refractivity contribution in [1.82, 2.24) is 20.7 Å². The highest BCUT2D eigenvalue weighted by Crippen LogP contribution is 2.22. The maximum atomic E-state index is 11.9. The van der Waals surface area contributed by atoms with Crippen molar-refractivity contribution in [3.05, 3.63) is 46.7 Å². The summed E-state index contributed by atoms with van der Waals surface area (Å²) in [4.78, 5) is 11.9. The lowest BCUT2D eigenvalue weighted by Gasteiger charge is -2.23. The van der Waals surface area contributed by atoms with Gasteiger partial charge >= 0.3 is 0 Å². The second-order valence-electron chi connectivity index (χ2n) is 4.33. The minimum absolute atomic E-state index is 0.231. The van der Waals surface area contributed by atoms with Gasteiger partial charge in [0.1, 0.15) is 6.10 Å². The lowest BCUT2D eigenvalue weighted by Crippen LogP contribution is -2.38. The van der Waals surface area contributed by atoms with Crippen LogP contribution in [0.4, 0.5) is 0 Å². The predicted octanol–water partition coefficient (Wildman–Crippen LogP) is 1.96. The van der Waals surface area contributed by atoms with Crippen LogP contribution in [0.2, 0.25) is 5.02 Å². The first-order chi connectivity index (χ1) is 9.61. The molecular formula is C13H15ClN4O2. The van der Waals surface area contributed by atoms with E-state index < -0.39 is 0 Å². The van der Waals surface area contributed by atoms with Gasteiger partial charge in [0.2, 0.25) is 0 Å². The highest BCUT2D eigenvalue weighted by molar-refractivity contribution is 6.30. The Morgan fingerprint density at radius 3 is 2.65 bits per heavy atom. The number of nitrogens with zero attached hydrogens (tertiary/aromatic N) is 2. The van der Waals surface area contributed by atoms with E-state index in [0.29, 0.717) is 5.02 Å². The van der Waals surface area contributed by atoms with Gasteiger partial charge in [0.15, 0.2) is 5.69 Å². The van der Waals surface area contributed by atoms with Gasteiger partial charge in [-0.3, -0.25) is 4.79 Å². The zero-order valence-electron chi connectivity index (χ0n) is 11.1. The summed E-state index contributed by atoms with van der Waals surface area (Å²) in [6.07, 6.45) is 1.09. The van der Waals surface area contributed by atoms with Gasteiger partial charge in [0.25, 0.3) is 5.91 Å². The van der Waals surface area contributed by atoms with Crippen LogP contribution < -0.4 is 5.32 Å². The summed E-state index contributed by atoms with van der Waals surface area (Å²) in [7, 11) is 1.60. The molecule has 0 fully saturated rings. The molecule has 0 unspecified atom stereocenters. The number of H-pyrrole nitrogens is 1. The number of rotatable bonds is 5. The van der Waals surface area contributed by atoms with E-state index in [1.807, 2.05) is 19.1 Å². The van der Waals surface area contributed by atoms with Gasteiger partial charge in [-0.2, -0.15) is 15.4 Å². The van der Waals surface area contributed by atoms with E-state index >= 15 is 0 Å². The molecule has 0 aliphatic rings. The average Bonchev–Trinajstić information content (AvgIpc) is 2.96. The molecule has 0 spiro atoms. The predicted molar refractivity (Wildman–Crippen MR) is 74.5 cm³/mol. The summed E-state index contributed by atoms with van der Waals surface area (Å²) in [5.41, 5.74) is 1.17. The van der Waals surface area contributed by atoms with Crippen molar-refractivity contribution in [3.63, 3.8) is 0 Å². The third-order valence-electron chi connectivity index (χ3n) is 2.91. The number of nitrogens with one attached hydrogen (secondary N) is 2. The Morgan fingerprint density at radius 1 is 1.40 bits per heavy atom. The maximum Gasteiger partial charge on any atom is 0.273 e. The first kappa shape index (κ1) is 14.5. The lowest BCUT2D eigenvalue weighted by molar-refractivity contribution is 0.0642. The summed E-state index contributed by atoms with van der Waals surface area (Å²) in [6.45, 7) is 1.86. The first-order valence-electron chi connectivity index (χ1n) is 6.06. The molecule has 106 valence electrons. The van der Waals surface area contributed by atoms with E-state index in [2.05, 4.69) is 20.7 Å². The number of aromatic amines is 1. The van der Waals surface area contributed by atoms with Gasteiger partial charge in [-0.25, -0.2) is 0 Å². The molecule has 0 aliphatic heterocycles. The Hall–Kier alpha value is -1.92. The fourth-order valence-electron chi connectivity index (χ4n) is 1.95. The molecule has 1 aromatic heterocycles. The van der Waals surface area contributed by atoms with Crippen molar-refractivity contribution in [2.45, 2.75) is 19.1 Å². The van der Waals surface area contributed by atoms with Crippen LogP contribution in [0.1, 0.15) is 29.1 Å². The molecule has 2 aromatic rings. The number of carbonyl (C=O) groups excluding carboxylic acids is 1. The molecule has 2 atom stereocenters. The van der Waals surface area contributed by atoms with Gasteiger partial charge in [-0.15, -0.1) is 0 Å². The Balaban J connectivity index is 2.07. The lowest BCUT2D eigenvalue weighted by atomic mass is 10.0. The number of aromatic nitrogens is 3. The molecule has 6 nitrogen and oxygen atoms in total. The molecule has 0 saturated carbocycles. The third kappa shape index (κ3) is 3.34. The quantitative estimate of drug-likeness (QED) is 0.883. The molecular weight excluding hydrogens is 280 g/mol. The Bertz CT molecular complexity index is 556. The normalized spacial score (nSPS) is 13.8. The van der Waals surface area contributed by atoms with E-state index in [4.69, 9.17) is 16.3 Å². The number of hydrogen-bond donors (Lipinski definition) is 2. The zero-order valence-corrected chi connectivity index (χ0v) is 11.9. The summed E-state index contributed by atoms with van der Waals surface area (Å²) in [5.74, 6) is -0.303. The number of carbonyl (C=O) groups is 1. The van der Waals surface area contributed by atoms with Crippen LogP contribution in [0.15, 0.2) is 30.5 Å². The smallest absolute Gasteiger partial charge is 0.273 e. The molecule has 2 rings (SSSR count). The van der Waals surface area contributed by atoms with Crippen molar-refractivity contribution in [2.24, 2.45) is 0 Å². The van der Waals surface area contributed by atoms with E-state index in [0.717, 1.165) is 5.56 Å². The Morgan fingerprint density at radius 2 is 2.10 bits per heavy atom. The van der Waals surface area contributed by atoms with Crippen LogP contribution in [-0.2, 0) is 4.74 Å². The topological polar surface area (TPSA) is 79.9 Å². The van der Waals surface area contributed by atoms with Crippen molar-refractivity contribution in [1.29, 1.82) is 0 Å². The van der Waals surface area contributed by atoms with Crippen molar-refractivity contribution < 1.29 is 9.53 Å². The second-order valence-corrected chi connectivity index (χ2v) is 4.76. The monoisotopic (exact) mass is 294 g/mol. The number of amides is 1. The summed E-state index contributed by atoms with van der Waals surface area (Å²) in [6, 6.07) is 7.08. The standard InChI is InChI=1S/C13H15ClN4O2/c1-8(16-13(19)11-7-15-18-17-11)12(20-2)9-3-5-10(14)6-4-9/h3-8,12H,1-2H3,(H,16,19)(H,15,17,18)/t8-,12-/m0/s1. The fraction of sp³-hybridized carbons (Fsp3) is 0.308. The second kappa shape index (κ2) is 6.49. The molecule has 20 heavy (non-hydrogen) atoms. The first-order valence-corrected chi connectivity index (χ1v) is 6.44. The highest BCUT2D eigenvalue weighted by Gasteiger charge is 2.22. The molecule has 0 radical (unpaired) electrons. The zero-order chi connectivity index (χ0) is 14.5. The van der Waals surface area contributed by atoms with Crippen molar-refractivity contribution in [2.75, 3.05) is 7.11 Å². The highest BCUT2D eigenvalue weighted by atomic mass is 35.5. The maximum absolute atomic E-state index is 11.9. The summed E-state index contributed by atoms with van der Waals surface area (Å²) < 4.78 is 5.45. The number of benzene rings is 1. The van der Waals surface area contributed by atoms with Crippen LogP contribution in [-0.4, -0.2) is 34.5 Å². The Kier molecular flexibility index (Phi) is 4.70. The largest absolute Gasteiger partial charge is 0.375 e. The van der Waals surface area contributed by atoms with Gasteiger partial charge < -0.3 is 10.1 Å². The van der Waals surface area contributed by atoms with Crippen LogP contribution in [0.5, 0.6) is 0 Å². The molecule has 0 saturated heterocycles. The minimum atomic E-state index is -0.303. The van der Waals surface area contributed by atoms with E-state index in [-0.39, 0.29) is 23.7 Å². The number of ether oxygens (including phenoxy) is 1. The summed E-state index contributed by atoms with van der Waals surface area (Å²) >= 11 is 5.86. The Labute approximate surface area is 121 Å². The van der Waals surface area contributed by atoms with Crippen LogP contribution in [0.3, 0.4) is 0 Å².